The number of hydrogen-bond donors (Lipinski definition) is 0. The Morgan fingerprint density at radius 3 is 1.36 bits per heavy atom. The highest BCUT2D eigenvalue weighted by atomic mass is 15.1. The van der Waals surface area contributed by atoms with E-state index in [9.17, 15) is 0 Å². The Labute approximate surface area is 433 Å². The zero-order valence-corrected chi connectivity index (χ0v) is 40.8. The van der Waals surface area contributed by atoms with Crippen molar-refractivity contribution in [2.75, 3.05) is 4.90 Å². The summed E-state index contributed by atoms with van der Waals surface area (Å²) in [5.41, 5.74) is 25.5. The third-order valence-corrected chi connectivity index (χ3v) is 16.7. The van der Waals surface area contributed by atoms with Crippen LogP contribution < -0.4 is 4.90 Å². The molecule has 0 amide bonds. The lowest BCUT2D eigenvalue weighted by molar-refractivity contribution is 0.768. The smallest absolute Gasteiger partial charge is 0.0732 e. The average Bonchev–Trinajstić information content (AvgIpc) is 4.08. The summed E-state index contributed by atoms with van der Waals surface area (Å²) in [5, 5.41) is 2.58. The highest BCUT2D eigenvalue weighted by Crippen LogP contribution is 2.64. The lowest BCUT2D eigenvalue weighted by Gasteiger charge is -2.41. The van der Waals surface area contributed by atoms with E-state index in [-0.39, 0.29) is 0 Å². The molecule has 1 spiro atoms. The molecule has 1 unspecified atom stereocenters. The highest BCUT2D eigenvalue weighted by Gasteiger charge is 2.52. The lowest BCUT2D eigenvalue weighted by Crippen LogP contribution is -2.33. The van der Waals surface area contributed by atoms with Gasteiger partial charge in [-0.05, 0) is 141 Å². The van der Waals surface area contributed by atoms with Crippen molar-refractivity contribution in [2.24, 2.45) is 0 Å². The molecule has 74 heavy (non-hydrogen) atoms. The van der Waals surface area contributed by atoms with Gasteiger partial charge in [-0.2, -0.15) is 0 Å². The number of fused-ring (bicyclic) bond motifs is 12. The Bertz CT molecular complexity index is 4120. The lowest BCUT2D eigenvalue weighted by atomic mass is 9.60. The van der Waals surface area contributed by atoms with E-state index in [1.165, 1.54) is 116 Å². The SMILES string of the molecule is c1ccc(-c2ccccc2CN(c2ccc3c(c2)-c2ccccc2C3(c2ccccc2)c2ccccc2)c2ccc3c(c2)C2(c4ccccc4-3)c3ccccc3-c3cccc4ccc(-c5ccccc5)c2c34)cc1. The Balaban J connectivity index is 1.01. The fourth-order valence-corrected chi connectivity index (χ4v) is 13.7. The van der Waals surface area contributed by atoms with Crippen molar-refractivity contribution in [3.8, 4) is 55.6 Å². The van der Waals surface area contributed by atoms with Gasteiger partial charge in [0.15, 0.2) is 0 Å². The highest BCUT2D eigenvalue weighted by molar-refractivity contribution is 6.10. The number of hydrogen-bond acceptors (Lipinski definition) is 1. The molecule has 0 saturated carbocycles. The van der Waals surface area contributed by atoms with E-state index in [2.05, 4.69) is 290 Å². The summed E-state index contributed by atoms with van der Waals surface area (Å²) in [5.74, 6) is 0. The van der Waals surface area contributed by atoms with Crippen LogP contribution in [-0.2, 0) is 17.4 Å². The molecule has 0 saturated heterocycles. The summed E-state index contributed by atoms with van der Waals surface area (Å²) >= 11 is 0. The first-order valence-corrected chi connectivity index (χ1v) is 25.9. The molecule has 1 nitrogen and oxygen atoms in total. The maximum absolute atomic E-state index is 2.59. The van der Waals surface area contributed by atoms with Crippen LogP contribution in [0.3, 0.4) is 0 Å². The van der Waals surface area contributed by atoms with Crippen LogP contribution in [-0.4, -0.2) is 0 Å². The quantitative estimate of drug-likeness (QED) is 0.147. The molecule has 12 aromatic carbocycles. The van der Waals surface area contributed by atoms with Crippen molar-refractivity contribution < 1.29 is 0 Å². The van der Waals surface area contributed by atoms with Gasteiger partial charge in [0.25, 0.3) is 0 Å². The molecule has 15 rings (SSSR count). The van der Waals surface area contributed by atoms with Gasteiger partial charge in [-0.1, -0.05) is 261 Å². The van der Waals surface area contributed by atoms with Crippen LogP contribution in [0.4, 0.5) is 11.4 Å². The van der Waals surface area contributed by atoms with Gasteiger partial charge in [-0.15, -0.1) is 0 Å². The topological polar surface area (TPSA) is 3.24 Å². The fourth-order valence-electron chi connectivity index (χ4n) is 13.7. The molecule has 0 heterocycles. The summed E-state index contributed by atoms with van der Waals surface area (Å²) in [4.78, 5) is 2.59. The zero-order valence-electron chi connectivity index (χ0n) is 40.8. The second-order valence-electron chi connectivity index (χ2n) is 20.2. The van der Waals surface area contributed by atoms with Crippen molar-refractivity contribution >= 4 is 22.1 Å². The second kappa shape index (κ2) is 16.6. The number of rotatable bonds is 8. The molecule has 0 radical (unpaired) electrons. The molecule has 0 bridgehead atoms. The molecular formula is C73H49N. The molecule has 1 atom stereocenters. The maximum Gasteiger partial charge on any atom is 0.0732 e. The number of anilines is 2. The Kier molecular flexibility index (Phi) is 9.53. The maximum atomic E-state index is 2.59. The van der Waals surface area contributed by atoms with Crippen molar-refractivity contribution in [3.05, 3.63) is 335 Å². The summed E-state index contributed by atoms with van der Waals surface area (Å²) in [6.45, 7) is 0.650. The van der Waals surface area contributed by atoms with Crippen LogP contribution in [0.1, 0.15) is 50.1 Å². The van der Waals surface area contributed by atoms with Crippen molar-refractivity contribution in [2.45, 2.75) is 17.4 Å². The second-order valence-corrected chi connectivity index (χ2v) is 20.2. The predicted octanol–water partition coefficient (Wildman–Crippen LogP) is 18.2. The standard InChI is InChI=1S/C73H49N/c1-5-22-49(23-6-1)57-32-14-13-26-52(57)48-74(55-42-45-68-64(46-55)61-35-17-18-37-65(61)72(68,53-28-9-3-10-29-53)54-30-11-4-12-31-54)56-41-44-62-59-33-15-19-38-66(59)73(69(62)47-56)67-39-20-16-34-60(67)63-36-21-27-51-40-43-58(71(73)70(51)63)50-24-7-2-8-25-50/h1-47H,48H2. The van der Waals surface area contributed by atoms with Crippen LogP contribution in [0.2, 0.25) is 0 Å². The minimum atomic E-state index is -0.632. The van der Waals surface area contributed by atoms with Gasteiger partial charge in [0.1, 0.15) is 0 Å². The van der Waals surface area contributed by atoms with Crippen LogP contribution in [0.25, 0.3) is 66.4 Å². The number of nitrogens with zero attached hydrogens (tertiary/aromatic N) is 1. The van der Waals surface area contributed by atoms with Gasteiger partial charge < -0.3 is 4.90 Å². The minimum absolute atomic E-state index is 0.494. The fraction of sp³-hybridized carbons (Fsp3) is 0.0411. The zero-order chi connectivity index (χ0) is 48.8. The van der Waals surface area contributed by atoms with Gasteiger partial charge >= 0.3 is 0 Å². The van der Waals surface area contributed by atoms with Gasteiger partial charge in [0.05, 0.1) is 10.8 Å². The van der Waals surface area contributed by atoms with E-state index >= 15 is 0 Å². The molecule has 0 N–H and O–H groups in total. The van der Waals surface area contributed by atoms with E-state index < -0.39 is 10.8 Å². The Hall–Kier alpha value is -9.30. The molecule has 3 aliphatic rings. The van der Waals surface area contributed by atoms with Crippen molar-refractivity contribution in [1.82, 2.24) is 0 Å². The first-order valence-electron chi connectivity index (χ1n) is 25.9. The Morgan fingerprint density at radius 2 is 0.716 bits per heavy atom. The van der Waals surface area contributed by atoms with Gasteiger partial charge in [-0.3, -0.25) is 0 Å². The molecular weight excluding hydrogens is 891 g/mol. The molecule has 0 aliphatic heterocycles. The molecule has 3 aliphatic carbocycles. The monoisotopic (exact) mass is 939 g/mol. The molecule has 0 aromatic heterocycles. The molecule has 1 heteroatoms. The van der Waals surface area contributed by atoms with E-state index in [1.54, 1.807) is 0 Å². The Morgan fingerprint density at radius 1 is 0.270 bits per heavy atom. The normalized spacial score (nSPS) is 15.0. The first-order chi connectivity index (χ1) is 36.7. The van der Waals surface area contributed by atoms with E-state index in [0.717, 1.165) is 11.4 Å². The van der Waals surface area contributed by atoms with E-state index in [0.29, 0.717) is 6.54 Å². The number of benzene rings is 12. The predicted molar refractivity (Wildman–Crippen MR) is 307 cm³/mol. The summed E-state index contributed by atoms with van der Waals surface area (Å²) in [7, 11) is 0. The van der Waals surface area contributed by atoms with Crippen LogP contribution in [0, 0.1) is 0 Å². The molecule has 0 fully saturated rings. The summed E-state index contributed by atoms with van der Waals surface area (Å²) < 4.78 is 0. The van der Waals surface area contributed by atoms with E-state index in [1.807, 2.05) is 0 Å². The summed E-state index contributed by atoms with van der Waals surface area (Å²) in [6.07, 6.45) is 0. The molecule has 12 aromatic rings. The molecule has 346 valence electrons. The largest absolute Gasteiger partial charge is 0.337 e. The first kappa shape index (κ1) is 42.4. The van der Waals surface area contributed by atoms with Crippen molar-refractivity contribution in [1.29, 1.82) is 0 Å². The van der Waals surface area contributed by atoms with Crippen LogP contribution >= 0.6 is 0 Å². The minimum Gasteiger partial charge on any atom is -0.337 e. The third-order valence-electron chi connectivity index (χ3n) is 16.7. The van der Waals surface area contributed by atoms with Gasteiger partial charge in [-0.25, -0.2) is 0 Å². The third kappa shape index (κ3) is 5.99. The average molecular weight is 940 g/mol. The van der Waals surface area contributed by atoms with Crippen LogP contribution in [0.5, 0.6) is 0 Å². The summed E-state index contributed by atoms with van der Waals surface area (Å²) in [6, 6.07) is 107. The van der Waals surface area contributed by atoms with Crippen molar-refractivity contribution in [3.63, 3.8) is 0 Å². The van der Waals surface area contributed by atoms with Gasteiger partial charge in [0, 0.05) is 17.9 Å². The van der Waals surface area contributed by atoms with E-state index in [4.69, 9.17) is 0 Å². The van der Waals surface area contributed by atoms with Gasteiger partial charge in [0.2, 0.25) is 0 Å². The van der Waals surface area contributed by atoms with Crippen LogP contribution in [0.15, 0.2) is 285 Å².